The summed E-state index contributed by atoms with van der Waals surface area (Å²) in [6.45, 7) is 3.31. The molecule has 1 atom stereocenters. The van der Waals surface area contributed by atoms with E-state index in [0.717, 1.165) is 6.07 Å². The lowest BCUT2D eigenvalue weighted by molar-refractivity contribution is -0.140. The quantitative estimate of drug-likeness (QED) is 0.649. The maximum absolute atomic E-state index is 13.1. The second-order valence-corrected chi connectivity index (χ2v) is 4.08. The van der Waals surface area contributed by atoms with Gasteiger partial charge in [-0.05, 0) is 24.6 Å². The van der Waals surface area contributed by atoms with Gasteiger partial charge in [-0.25, -0.2) is 9.18 Å². The largest absolute Gasteiger partial charge is 0.480 e. The summed E-state index contributed by atoms with van der Waals surface area (Å²) >= 11 is 0. The molecule has 1 aromatic carbocycles. The number of carbonyl (C=O) groups is 2. The molecule has 0 saturated heterocycles. The van der Waals surface area contributed by atoms with Crippen LogP contribution in [0.15, 0.2) is 30.9 Å². The molecule has 0 aliphatic heterocycles. The number of amides is 1. The zero-order valence-corrected chi connectivity index (χ0v) is 10.6. The van der Waals surface area contributed by atoms with Crippen molar-refractivity contribution in [1.29, 1.82) is 0 Å². The van der Waals surface area contributed by atoms with E-state index in [-0.39, 0.29) is 6.42 Å². The Morgan fingerprint density at radius 1 is 1.38 bits per heavy atom. The standard InChI is InChI=1S/C13H11F4NO3/c1-2-3-10(12(20)21)18-11(19)7-4-5-9(14)8(6-7)13(15,16)17/h2,4-6,10H,1,3H2,(H,18,19)(H,20,21). The molecule has 114 valence electrons. The van der Waals surface area contributed by atoms with Gasteiger partial charge in [0.05, 0.1) is 5.56 Å². The van der Waals surface area contributed by atoms with E-state index in [1.165, 1.54) is 6.08 Å². The van der Waals surface area contributed by atoms with Gasteiger partial charge in [0.15, 0.2) is 0 Å². The number of aliphatic carboxylic acids is 1. The number of hydrogen-bond acceptors (Lipinski definition) is 2. The topological polar surface area (TPSA) is 66.4 Å². The number of carboxylic acid groups (broad SMARTS) is 1. The van der Waals surface area contributed by atoms with Gasteiger partial charge in [0, 0.05) is 5.56 Å². The molecule has 0 spiro atoms. The first kappa shape index (κ1) is 16.7. The van der Waals surface area contributed by atoms with Gasteiger partial charge in [-0.1, -0.05) is 6.08 Å². The van der Waals surface area contributed by atoms with Crippen LogP contribution in [-0.2, 0) is 11.0 Å². The van der Waals surface area contributed by atoms with Crippen LogP contribution in [0.2, 0.25) is 0 Å². The number of carboxylic acids is 1. The number of hydrogen-bond donors (Lipinski definition) is 2. The van der Waals surface area contributed by atoms with Crippen molar-refractivity contribution < 1.29 is 32.3 Å². The van der Waals surface area contributed by atoms with Gasteiger partial charge in [-0.3, -0.25) is 4.79 Å². The number of carbonyl (C=O) groups excluding carboxylic acids is 1. The molecule has 0 fully saturated rings. The first-order valence-electron chi connectivity index (χ1n) is 5.68. The summed E-state index contributed by atoms with van der Waals surface area (Å²) in [4.78, 5) is 22.6. The van der Waals surface area contributed by atoms with Crippen LogP contribution in [0.25, 0.3) is 0 Å². The van der Waals surface area contributed by atoms with Gasteiger partial charge in [-0.15, -0.1) is 6.58 Å². The highest BCUT2D eigenvalue weighted by Crippen LogP contribution is 2.31. The Labute approximate surface area is 117 Å². The predicted molar refractivity (Wildman–Crippen MR) is 65.1 cm³/mol. The van der Waals surface area contributed by atoms with Gasteiger partial charge in [-0.2, -0.15) is 13.2 Å². The average molecular weight is 305 g/mol. The molecule has 1 aromatic rings. The Balaban J connectivity index is 3.03. The van der Waals surface area contributed by atoms with Gasteiger partial charge in [0.2, 0.25) is 0 Å². The number of rotatable bonds is 5. The SMILES string of the molecule is C=CCC(NC(=O)c1ccc(F)c(C(F)(F)F)c1)C(=O)O. The Morgan fingerprint density at radius 2 is 2.00 bits per heavy atom. The molecule has 0 aromatic heterocycles. The summed E-state index contributed by atoms with van der Waals surface area (Å²) in [6, 6.07) is 0.347. The van der Waals surface area contributed by atoms with Crippen molar-refractivity contribution in [2.75, 3.05) is 0 Å². The monoisotopic (exact) mass is 305 g/mol. The van der Waals surface area contributed by atoms with Crippen molar-refractivity contribution in [2.24, 2.45) is 0 Å². The highest BCUT2D eigenvalue weighted by atomic mass is 19.4. The van der Waals surface area contributed by atoms with Gasteiger partial charge in [0.25, 0.3) is 5.91 Å². The molecule has 21 heavy (non-hydrogen) atoms. The minimum Gasteiger partial charge on any atom is -0.480 e. The van der Waals surface area contributed by atoms with E-state index in [2.05, 4.69) is 6.58 Å². The van der Waals surface area contributed by atoms with Crippen LogP contribution >= 0.6 is 0 Å². The van der Waals surface area contributed by atoms with Crippen molar-refractivity contribution in [3.63, 3.8) is 0 Å². The molecule has 1 amide bonds. The third-order valence-corrected chi connectivity index (χ3v) is 2.54. The third-order valence-electron chi connectivity index (χ3n) is 2.54. The molecular weight excluding hydrogens is 294 g/mol. The summed E-state index contributed by atoms with van der Waals surface area (Å²) in [5.41, 5.74) is -2.08. The van der Waals surface area contributed by atoms with Crippen LogP contribution in [0.1, 0.15) is 22.3 Å². The lowest BCUT2D eigenvalue weighted by atomic mass is 10.1. The maximum Gasteiger partial charge on any atom is 0.419 e. The molecule has 0 heterocycles. The van der Waals surface area contributed by atoms with E-state index in [1.807, 2.05) is 5.32 Å². The predicted octanol–water partition coefficient (Wildman–Crippen LogP) is 2.60. The summed E-state index contributed by atoms with van der Waals surface area (Å²) in [7, 11) is 0. The molecule has 1 rings (SSSR count). The summed E-state index contributed by atoms with van der Waals surface area (Å²) in [6.07, 6.45) is -3.81. The zero-order valence-electron chi connectivity index (χ0n) is 10.6. The number of alkyl halides is 3. The van der Waals surface area contributed by atoms with Crippen LogP contribution < -0.4 is 5.32 Å². The average Bonchev–Trinajstić information content (AvgIpc) is 2.37. The van der Waals surface area contributed by atoms with Crippen LogP contribution in [-0.4, -0.2) is 23.0 Å². The van der Waals surface area contributed by atoms with Crippen LogP contribution in [0, 0.1) is 5.82 Å². The van der Waals surface area contributed by atoms with Crippen molar-refractivity contribution in [3.8, 4) is 0 Å². The Bertz CT molecular complexity index is 569. The molecule has 2 N–H and O–H groups in total. The molecular formula is C13H11F4NO3. The first-order chi connectivity index (χ1) is 9.66. The summed E-state index contributed by atoms with van der Waals surface area (Å²) in [5.74, 6) is -3.92. The molecule has 4 nitrogen and oxygen atoms in total. The van der Waals surface area contributed by atoms with Gasteiger partial charge in [0.1, 0.15) is 11.9 Å². The number of nitrogens with one attached hydrogen (secondary N) is 1. The molecule has 0 bridgehead atoms. The van der Waals surface area contributed by atoms with Crippen LogP contribution in [0.4, 0.5) is 17.6 Å². The van der Waals surface area contributed by atoms with E-state index in [0.29, 0.717) is 12.1 Å². The van der Waals surface area contributed by atoms with Crippen molar-refractivity contribution in [2.45, 2.75) is 18.6 Å². The van der Waals surface area contributed by atoms with Gasteiger partial charge < -0.3 is 10.4 Å². The fraction of sp³-hybridized carbons (Fsp3) is 0.231. The van der Waals surface area contributed by atoms with Crippen LogP contribution in [0.5, 0.6) is 0 Å². The minimum atomic E-state index is -4.95. The normalized spacial score (nSPS) is 12.6. The summed E-state index contributed by atoms with van der Waals surface area (Å²) in [5, 5.41) is 10.9. The second kappa shape index (κ2) is 6.38. The minimum absolute atomic E-state index is 0.103. The first-order valence-corrected chi connectivity index (χ1v) is 5.68. The number of halogens is 4. The van der Waals surface area contributed by atoms with Crippen molar-refractivity contribution >= 4 is 11.9 Å². The van der Waals surface area contributed by atoms with E-state index in [9.17, 15) is 27.2 Å². The molecule has 1 unspecified atom stereocenters. The van der Waals surface area contributed by atoms with E-state index in [4.69, 9.17) is 5.11 Å². The molecule has 0 aliphatic carbocycles. The Morgan fingerprint density at radius 3 is 2.48 bits per heavy atom. The number of benzene rings is 1. The third kappa shape index (κ3) is 4.30. The fourth-order valence-electron chi connectivity index (χ4n) is 1.51. The summed E-state index contributed by atoms with van der Waals surface area (Å²) < 4.78 is 50.7. The van der Waals surface area contributed by atoms with Crippen molar-refractivity contribution in [3.05, 3.63) is 47.8 Å². The van der Waals surface area contributed by atoms with E-state index < -0.39 is 41.0 Å². The fourth-order valence-corrected chi connectivity index (χ4v) is 1.51. The smallest absolute Gasteiger partial charge is 0.419 e. The van der Waals surface area contributed by atoms with Crippen LogP contribution in [0.3, 0.4) is 0 Å². The molecule has 8 heteroatoms. The lowest BCUT2D eigenvalue weighted by Gasteiger charge is -2.14. The van der Waals surface area contributed by atoms with Gasteiger partial charge >= 0.3 is 12.1 Å². The maximum atomic E-state index is 13.1. The Hall–Kier alpha value is -2.38. The van der Waals surface area contributed by atoms with E-state index in [1.54, 1.807) is 0 Å². The molecule has 0 saturated carbocycles. The lowest BCUT2D eigenvalue weighted by Crippen LogP contribution is -2.40. The molecule has 0 aliphatic rings. The molecule has 0 radical (unpaired) electrons. The Kier molecular flexibility index (Phi) is 5.07. The van der Waals surface area contributed by atoms with E-state index >= 15 is 0 Å². The zero-order chi connectivity index (χ0) is 16.2. The second-order valence-electron chi connectivity index (χ2n) is 4.08. The van der Waals surface area contributed by atoms with Crippen molar-refractivity contribution in [1.82, 2.24) is 5.32 Å². The highest BCUT2D eigenvalue weighted by molar-refractivity contribution is 5.96. The highest BCUT2D eigenvalue weighted by Gasteiger charge is 2.34.